The molecule has 1 fully saturated rings. The summed E-state index contributed by atoms with van der Waals surface area (Å²) in [7, 11) is 1.82. The highest BCUT2D eigenvalue weighted by Gasteiger charge is 2.33. The summed E-state index contributed by atoms with van der Waals surface area (Å²) < 4.78 is 0. The van der Waals surface area contributed by atoms with Crippen LogP contribution in [0.2, 0.25) is 0 Å². The van der Waals surface area contributed by atoms with Crippen LogP contribution in [0.3, 0.4) is 0 Å². The Labute approximate surface area is 96.0 Å². The van der Waals surface area contributed by atoms with Crippen LogP contribution in [0.25, 0.3) is 0 Å². The summed E-state index contributed by atoms with van der Waals surface area (Å²) >= 11 is 0. The first kappa shape index (κ1) is 13.0. The van der Waals surface area contributed by atoms with E-state index in [0.717, 1.165) is 13.1 Å². The van der Waals surface area contributed by atoms with Crippen LogP contribution in [0.5, 0.6) is 0 Å². The molecule has 0 aromatic carbocycles. The van der Waals surface area contributed by atoms with Gasteiger partial charge in [-0.2, -0.15) is 0 Å². The second-order valence-electron chi connectivity index (χ2n) is 4.54. The Balaban J connectivity index is 2.85. The maximum Gasteiger partial charge on any atom is 0.305 e. The maximum atomic E-state index is 12.1. The lowest BCUT2D eigenvalue weighted by molar-refractivity contribution is -0.144. The summed E-state index contributed by atoms with van der Waals surface area (Å²) in [6.45, 7) is 6.13. The minimum absolute atomic E-state index is 0.0586. The lowest BCUT2D eigenvalue weighted by Crippen LogP contribution is -2.45. The predicted molar refractivity (Wildman–Crippen MR) is 60.1 cm³/mol. The number of carbonyl (C=O) groups is 2. The number of aliphatic carboxylic acids is 1. The van der Waals surface area contributed by atoms with E-state index in [-0.39, 0.29) is 12.3 Å². The first-order valence-electron chi connectivity index (χ1n) is 5.66. The van der Waals surface area contributed by atoms with E-state index in [0.29, 0.717) is 12.5 Å². The van der Waals surface area contributed by atoms with Crippen LogP contribution in [-0.2, 0) is 9.59 Å². The number of carbonyl (C=O) groups excluding carboxylic acids is 1. The molecule has 0 spiro atoms. The van der Waals surface area contributed by atoms with E-state index in [1.165, 1.54) is 0 Å². The molecule has 0 aromatic heterocycles. The van der Waals surface area contributed by atoms with Gasteiger partial charge in [-0.1, -0.05) is 6.92 Å². The van der Waals surface area contributed by atoms with Gasteiger partial charge < -0.3 is 10.0 Å². The molecule has 1 aliphatic heterocycles. The molecule has 2 atom stereocenters. The van der Waals surface area contributed by atoms with Crippen molar-refractivity contribution < 1.29 is 14.7 Å². The molecule has 1 aliphatic rings. The highest BCUT2D eigenvalue weighted by Crippen LogP contribution is 2.16. The molecule has 1 amide bonds. The summed E-state index contributed by atoms with van der Waals surface area (Å²) in [5.41, 5.74) is 0. The normalized spacial score (nSPS) is 27.9. The smallest absolute Gasteiger partial charge is 0.305 e. The molecular formula is C11H20N2O3. The number of hydrogen-bond acceptors (Lipinski definition) is 3. The Kier molecular flexibility index (Phi) is 4.29. The van der Waals surface area contributed by atoms with Gasteiger partial charge in [-0.05, 0) is 19.9 Å². The van der Waals surface area contributed by atoms with Gasteiger partial charge in [-0.3, -0.25) is 14.5 Å². The van der Waals surface area contributed by atoms with Crippen LogP contribution in [0.15, 0.2) is 0 Å². The zero-order chi connectivity index (χ0) is 12.3. The molecule has 1 rings (SSSR count). The second-order valence-corrected chi connectivity index (χ2v) is 4.54. The zero-order valence-corrected chi connectivity index (χ0v) is 10.1. The molecule has 5 heteroatoms. The highest BCUT2D eigenvalue weighted by atomic mass is 16.4. The van der Waals surface area contributed by atoms with Crippen molar-refractivity contribution in [2.75, 3.05) is 26.7 Å². The van der Waals surface area contributed by atoms with Crippen molar-refractivity contribution in [3.05, 3.63) is 0 Å². The number of likely N-dealkylation sites (N-methyl/N-ethyl adjacent to an activating group) is 2. The third-order valence-corrected chi connectivity index (χ3v) is 3.01. The first-order chi connectivity index (χ1) is 7.45. The standard InChI is InChI=1S/C11H20N2O3/c1-4-13-7-8(2)6-12(3)9(11(13)16)5-10(14)15/h8-9H,4-7H2,1-3H3,(H,14,15). The molecule has 1 saturated heterocycles. The minimum atomic E-state index is -0.921. The van der Waals surface area contributed by atoms with Crippen LogP contribution in [-0.4, -0.2) is 59.5 Å². The van der Waals surface area contributed by atoms with Crippen LogP contribution in [0.1, 0.15) is 20.3 Å². The average Bonchev–Trinajstić information content (AvgIpc) is 2.29. The topological polar surface area (TPSA) is 60.9 Å². The molecular weight excluding hydrogens is 208 g/mol. The summed E-state index contributed by atoms with van der Waals surface area (Å²) in [4.78, 5) is 26.4. The van der Waals surface area contributed by atoms with Crippen LogP contribution in [0.4, 0.5) is 0 Å². The van der Waals surface area contributed by atoms with E-state index in [1.54, 1.807) is 4.90 Å². The van der Waals surface area contributed by atoms with Crippen molar-refractivity contribution in [2.24, 2.45) is 5.92 Å². The summed E-state index contributed by atoms with van der Waals surface area (Å²) in [5, 5.41) is 8.82. The lowest BCUT2D eigenvalue weighted by atomic mass is 10.1. The molecule has 16 heavy (non-hydrogen) atoms. The molecule has 0 radical (unpaired) electrons. The molecule has 1 heterocycles. The first-order valence-corrected chi connectivity index (χ1v) is 5.66. The van der Waals surface area contributed by atoms with Crippen molar-refractivity contribution in [2.45, 2.75) is 26.3 Å². The Morgan fingerprint density at radius 3 is 2.62 bits per heavy atom. The zero-order valence-electron chi connectivity index (χ0n) is 10.1. The number of carboxylic acids is 1. The van der Waals surface area contributed by atoms with Gasteiger partial charge in [-0.25, -0.2) is 0 Å². The molecule has 0 bridgehead atoms. The third-order valence-electron chi connectivity index (χ3n) is 3.01. The number of amides is 1. The molecule has 5 nitrogen and oxygen atoms in total. The Morgan fingerprint density at radius 2 is 2.12 bits per heavy atom. The van der Waals surface area contributed by atoms with Crippen LogP contribution < -0.4 is 0 Å². The van der Waals surface area contributed by atoms with E-state index < -0.39 is 12.0 Å². The van der Waals surface area contributed by atoms with Gasteiger partial charge in [0.25, 0.3) is 0 Å². The molecule has 2 unspecified atom stereocenters. The van der Waals surface area contributed by atoms with E-state index in [4.69, 9.17) is 5.11 Å². The van der Waals surface area contributed by atoms with Gasteiger partial charge in [0, 0.05) is 19.6 Å². The largest absolute Gasteiger partial charge is 0.481 e. The second kappa shape index (κ2) is 5.30. The fourth-order valence-electron chi connectivity index (χ4n) is 2.24. The minimum Gasteiger partial charge on any atom is -0.481 e. The average molecular weight is 228 g/mol. The van der Waals surface area contributed by atoms with Crippen molar-refractivity contribution in [1.29, 1.82) is 0 Å². The van der Waals surface area contributed by atoms with Gasteiger partial charge in [0.05, 0.1) is 12.5 Å². The lowest BCUT2D eigenvalue weighted by Gasteiger charge is -2.26. The van der Waals surface area contributed by atoms with E-state index in [1.807, 2.05) is 18.9 Å². The van der Waals surface area contributed by atoms with Crippen molar-refractivity contribution in [3.63, 3.8) is 0 Å². The van der Waals surface area contributed by atoms with Gasteiger partial charge in [0.15, 0.2) is 0 Å². The van der Waals surface area contributed by atoms with Crippen LogP contribution in [0, 0.1) is 5.92 Å². The SMILES string of the molecule is CCN1CC(C)CN(C)C(CC(=O)O)C1=O. The van der Waals surface area contributed by atoms with Crippen LogP contribution >= 0.6 is 0 Å². The Hall–Kier alpha value is -1.10. The van der Waals surface area contributed by atoms with Gasteiger partial charge in [0.1, 0.15) is 0 Å². The number of nitrogens with zero attached hydrogens (tertiary/aromatic N) is 2. The Morgan fingerprint density at radius 1 is 1.50 bits per heavy atom. The van der Waals surface area contributed by atoms with E-state index >= 15 is 0 Å². The van der Waals surface area contributed by atoms with E-state index in [2.05, 4.69) is 6.92 Å². The molecule has 92 valence electrons. The van der Waals surface area contributed by atoms with Gasteiger partial charge in [-0.15, -0.1) is 0 Å². The number of hydrogen-bond donors (Lipinski definition) is 1. The summed E-state index contributed by atoms with van der Waals surface area (Å²) in [5.74, 6) is -0.597. The van der Waals surface area contributed by atoms with Crippen molar-refractivity contribution in [3.8, 4) is 0 Å². The summed E-state index contributed by atoms with van der Waals surface area (Å²) in [6.07, 6.45) is -0.113. The molecule has 0 saturated carbocycles. The quantitative estimate of drug-likeness (QED) is 0.752. The predicted octanol–water partition coefficient (Wildman–Crippen LogP) is 0.260. The monoisotopic (exact) mass is 228 g/mol. The molecule has 0 aromatic rings. The third kappa shape index (κ3) is 2.95. The number of carboxylic acid groups (broad SMARTS) is 1. The summed E-state index contributed by atoms with van der Waals surface area (Å²) in [6, 6.07) is -0.512. The number of rotatable bonds is 3. The van der Waals surface area contributed by atoms with Gasteiger partial charge >= 0.3 is 5.97 Å². The molecule has 0 aliphatic carbocycles. The van der Waals surface area contributed by atoms with Gasteiger partial charge in [0.2, 0.25) is 5.91 Å². The van der Waals surface area contributed by atoms with Crippen molar-refractivity contribution in [1.82, 2.24) is 9.80 Å². The van der Waals surface area contributed by atoms with E-state index in [9.17, 15) is 9.59 Å². The fourth-order valence-corrected chi connectivity index (χ4v) is 2.24. The van der Waals surface area contributed by atoms with Crippen molar-refractivity contribution >= 4 is 11.9 Å². The fraction of sp³-hybridized carbons (Fsp3) is 0.818. The maximum absolute atomic E-state index is 12.1. The molecule has 1 N–H and O–H groups in total. The highest BCUT2D eigenvalue weighted by molar-refractivity contribution is 5.86. The Bertz CT molecular complexity index is 280.